The fraction of sp³-hybridized carbons (Fsp3) is 0.500. The number of ether oxygens (including phenoxy) is 1. The van der Waals surface area contributed by atoms with Crippen molar-refractivity contribution in [3.8, 4) is 0 Å². The van der Waals surface area contributed by atoms with Crippen LogP contribution in [0, 0.1) is 3.57 Å². The fourth-order valence-electron chi connectivity index (χ4n) is 2.37. The highest BCUT2D eigenvalue weighted by Gasteiger charge is 2.36. The maximum Gasteiger partial charge on any atom is 0.410 e. The number of nitrogens with zero attached hydrogens (tertiary/aromatic N) is 1. The Morgan fingerprint density at radius 1 is 1.36 bits per heavy atom. The Balaban J connectivity index is 2.03. The minimum Gasteiger partial charge on any atom is -0.444 e. The molecule has 1 aliphatic heterocycles. The van der Waals surface area contributed by atoms with E-state index in [1.54, 1.807) is 0 Å². The number of carbonyl (C=O) groups is 2. The summed E-state index contributed by atoms with van der Waals surface area (Å²) in [5.74, 6) is -0.162. The first-order valence-corrected chi connectivity index (χ1v) is 8.40. The van der Waals surface area contributed by atoms with Crippen LogP contribution in [-0.4, -0.2) is 35.1 Å². The van der Waals surface area contributed by atoms with Gasteiger partial charge in [-0.25, -0.2) is 4.79 Å². The second-order valence-electron chi connectivity index (χ2n) is 6.33. The monoisotopic (exact) mass is 416 g/mol. The van der Waals surface area contributed by atoms with Gasteiger partial charge in [0, 0.05) is 15.8 Å². The molecule has 2 rings (SSSR count). The third kappa shape index (κ3) is 4.59. The van der Waals surface area contributed by atoms with Gasteiger partial charge in [0.1, 0.15) is 11.6 Å². The van der Waals surface area contributed by atoms with Gasteiger partial charge in [0.15, 0.2) is 0 Å². The Labute approximate surface area is 144 Å². The van der Waals surface area contributed by atoms with Crippen molar-refractivity contribution in [2.24, 2.45) is 0 Å². The molecule has 1 saturated heterocycles. The first kappa shape index (κ1) is 17.1. The number of carbonyl (C=O) groups excluding carboxylic acids is 2. The summed E-state index contributed by atoms with van der Waals surface area (Å²) in [7, 11) is 0. The average molecular weight is 416 g/mol. The molecule has 1 aromatic rings. The van der Waals surface area contributed by atoms with E-state index in [1.165, 1.54) is 4.90 Å². The predicted octanol–water partition coefficient (Wildman–Crippen LogP) is 3.63. The number of hydrogen-bond donors (Lipinski definition) is 1. The summed E-state index contributed by atoms with van der Waals surface area (Å²) in [6.07, 6.45) is 1.05. The van der Waals surface area contributed by atoms with E-state index >= 15 is 0 Å². The van der Waals surface area contributed by atoms with Crippen LogP contribution in [0.4, 0.5) is 10.5 Å². The molecular formula is C16H21IN2O3. The van der Waals surface area contributed by atoms with Crippen LogP contribution in [0.1, 0.15) is 33.6 Å². The molecule has 1 fully saturated rings. The molecule has 1 N–H and O–H groups in total. The minimum atomic E-state index is -0.559. The molecular weight excluding hydrogens is 395 g/mol. The summed E-state index contributed by atoms with van der Waals surface area (Å²) < 4.78 is 6.42. The molecule has 0 bridgehead atoms. The molecule has 0 aromatic heterocycles. The van der Waals surface area contributed by atoms with Gasteiger partial charge in [-0.1, -0.05) is 6.07 Å². The highest BCUT2D eigenvalue weighted by Crippen LogP contribution is 2.22. The lowest BCUT2D eigenvalue weighted by atomic mass is 10.2. The number of hydrogen-bond acceptors (Lipinski definition) is 3. The summed E-state index contributed by atoms with van der Waals surface area (Å²) >= 11 is 2.19. The van der Waals surface area contributed by atoms with Gasteiger partial charge >= 0.3 is 6.09 Å². The van der Waals surface area contributed by atoms with E-state index in [1.807, 2.05) is 45.0 Å². The number of rotatable bonds is 2. The molecule has 1 aromatic carbocycles. The van der Waals surface area contributed by atoms with Crippen molar-refractivity contribution in [1.29, 1.82) is 0 Å². The van der Waals surface area contributed by atoms with Crippen LogP contribution in [0.25, 0.3) is 0 Å². The highest BCUT2D eigenvalue weighted by atomic mass is 127. The fourth-order valence-corrected chi connectivity index (χ4v) is 2.91. The van der Waals surface area contributed by atoms with Crippen molar-refractivity contribution in [3.63, 3.8) is 0 Å². The lowest BCUT2D eigenvalue weighted by molar-refractivity contribution is -0.120. The molecule has 0 saturated carbocycles. The highest BCUT2D eigenvalue weighted by molar-refractivity contribution is 14.1. The quantitative estimate of drug-likeness (QED) is 0.750. The average Bonchev–Trinajstić information content (AvgIpc) is 2.85. The smallest absolute Gasteiger partial charge is 0.410 e. The Morgan fingerprint density at radius 2 is 2.09 bits per heavy atom. The van der Waals surface area contributed by atoms with Crippen LogP contribution in [-0.2, 0) is 9.53 Å². The van der Waals surface area contributed by atoms with Crippen molar-refractivity contribution >= 4 is 40.3 Å². The Bertz CT molecular complexity index is 569. The second kappa shape index (κ2) is 6.85. The van der Waals surface area contributed by atoms with Crippen LogP contribution in [0.5, 0.6) is 0 Å². The molecule has 1 aliphatic rings. The van der Waals surface area contributed by atoms with Gasteiger partial charge in [0.25, 0.3) is 0 Å². The van der Waals surface area contributed by atoms with E-state index in [-0.39, 0.29) is 5.91 Å². The zero-order valence-electron chi connectivity index (χ0n) is 13.1. The second-order valence-corrected chi connectivity index (χ2v) is 7.58. The summed E-state index contributed by atoms with van der Waals surface area (Å²) in [6.45, 7) is 6.02. The summed E-state index contributed by atoms with van der Waals surface area (Å²) in [5.41, 5.74) is 0.184. The summed E-state index contributed by atoms with van der Waals surface area (Å²) in [5, 5.41) is 2.88. The molecule has 6 heteroatoms. The molecule has 22 heavy (non-hydrogen) atoms. The molecule has 2 amide bonds. The molecule has 1 heterocycles. The first-order valence-electron chi connectivity index (χ1n) is 7.32. The van der Waals surface area contributed by atoms with Crippen molar-refractivity contribution in [2.75, 3.05) is 11.9 Å². The van der Waals surface area contributed by atoms with E-state index in [9.17, 15) is 9.59 Å². The Kier molecular flexibility index (Phi) is 5.31. The van der Waals surface area contributed by atoms with Gasteiger partial charge < -0.3 is 10.1 Å². The maximum atomic E-state index is 12.4. The summed E-state index contributed by atoms with van der Waals surface area (Å²) in [4.78, 5) is 26.2. The normalized spacial score (nSPS) is 18.2. The molecule has 0 unspecified atom stereocenters. The van der Waals surface area contributed by atoms with E-state index in [2.05, 4.69) is 27.9 Å². The molecule has 0 spiro atoms. The van der Waals surface area contributed by atoms with E-state index in [0.29, 0.717) is 13.0 Å². The van der Waals surface area contributed by atoms with Crippen LogP contribution < -0.4 is 5.32 Å². The van der Waals surface area contributed by atoms with E-state index < -0.39 is 17.7 Å². The third-order valence-electron chi connectivity index (χ3n) is 3.28. The molecule has 120 valence electrons. The summed E-state index contributed by atoms with van der Waals surface area (Å²) in [6, 6.07) is 7.11. The van der Waals surface area contributed by atoms with Crippen LogP contribution in [0.2, 0.25) is 0 Å². The molecule has 0 radical (unpaired) electrons. The van der Waals surface area contributed by atoms with E-state index in [4.69, 9.17) is 4.74 Å². The van der Waals surface area contributed by atoms with Crippen LogP contribution >= 0.6 is 22.6 Å². The number of likely N-dealkylation sites (tertiary alicyclic amines) is 1. The Hall–Kier alpha value is -1.31. The lowest BCUT2D eigenvalue weighted by Gasteiger charge is -2.28. The van der Waals surface area contributed by atoms with Gasteiger partial charge in [0.2, 0.25) is 5.91 Å². The van der Waals surface area contributed by atoms with Crippen molar-refractivity contribution < 1.29 is 14.3 Å². The number of benzene rings is 1. The predicted molar refractivity (Wildman–Crippen MR) is 93.8 cm³/mol. The van der Waals surface area contributed by atoms with Gasteiger partial charge in [-0.2, -0.15) is 0 Å². The van der Waals surface area contributed by atoms with E-state index in [0.717, 1.165) is 15.7 Å². The zero-order valence-corrected chi connectivity index (χ0v) is 15.2. The SMILES string of the molecule is CC(C)(C)OC(=O)N1CCC[C@H]1C(=O)Nc1cccc(I)c1. The largest absolute Gasteiger partial charge is 0.444 e. The third-order valence-corrected chi connectivity index (χ3v) is 3.95. The van der Waals surface area contributed by atoms with Gasteiger partial charge in [-0.05, 0) is 74.4 Å². The zero-order chi connectivity index (χ0) is 16.3. The van der Waals surface area contributed by atoms with Crippen molar-refractivity contribution in [3.05, 3.63) is 27.8 Å². The number of anilines is 1. The van der Waals surface area contributed by atoms with Gasteiger partial charge in [-0.3, -0.25) is 9.69 Å². The minimum absolute atomic E-state index is 0.162. The van der Waals surface area contributed by atoms with Crippen LogP contribution in [0.15, 0.2) is 24.3 Å². The lowest BCUT2D eigenvalue weighted by Crippen LogP contribution is -2.45. The molecule has 0 aliphatic carbocycles. The Morgan fingerprint density at radius 3 is 2.73 bits per heavy atom. The number of nitrogens with one attached hydrogen (secondary N) is 1. The first-order chi connectivity index (χ1) is 10.3. The maximum absolute atomic E-state index is 12.4. The molecule has 1 atom stereocenters. The van der Waals surface area contributed by atoms with Gasteiger partial charge in [0.05, 0.1) is 0 Å². The number of halogens is 1. The van der Waals surface area contributed by atoms with Crippen LogP contribution in [0.3, 0.4) is 0 Å². The van der Waals surface area contributed by atoms with Crippen molar-refractivity contribution in [1.82, 2.24) is 4.90 Å². The topological polar surface area (TPSA) is 58.6 Å². The van der Waals surface area contributed by atoms with Crippen molar-refractivity contribution in [2.45, 2.75) is 45.3 Å². The van der Waals surface area contributed by atoms with Gasteiger partial charge in [-0.15, -0.1) is 0 Å². The standard InChI is InChI=1S/C16H21IN2O3/c1-16(2,3)22-15(21)19-9-5-8-13(19)14(20)18-12-7-4-6-11(17)10-12/h4,6-7,10,13H,5,8-9H2,1-3H3,(H,18,20)/t13-/m0/s1. The number of amides is 2. The molecule has 5 nitrogen and oxygen atoms in total.